The number of carbonyl (C=O) groups excluding carboxylic acids is 1. The first-order chi connectivity index (χ1) is 6.54. The summed E-state index contributed by atoms with van der Waals surface area (Å²) < 4.78 is 1.63. The fourth-order valence-corrected chi connectivity index (χ4v) is 1.19. The molecule has 0 fully saturated rings. The molecule has 1 aromatic rings. The van der Waals surface area contributed by atoms with Crippen LogP contribution in [0.15, 0.2) is 6.07 Å². The number of anilines is 1. The summed E-state index contributed by atoms with van der Waals surface area (Å²) in [6, 6.07) is 1.82. The molecule has 1 heterocycles. The number of nitrogens with zero attached hydrogens (tertiary/aromatic N) is 2. The third kappa shape index (κ3) is 2.48. The summed E-state index contributed by atoms with van der Waals surface area (Å²) in [4.78, 5) is 11.5. The first-order valence-corrected chi connectivity index (χ1v) is 4.95. The monoisotopic (exact) mass is 215 g/mol. The van der Waals surface area contributed by atoms with Gasteiger partial charge in [-0.2, -0.15) is 5.10 Å². The Morgan fingerprint density at radius 3 is 2.86 bits per heavy atom. The zero-order chi connectivity index (χ0) is 10.7. The molecule has 0 aliphatic rings. The van der Waals surface area contributed by atoms with E-state index in [9.17, 15) is 4.79 Å². The van der Waals surface area contributed by atoms with E-state index in [1.54, 1.807) is 18.7 Å². The first-order valence-electron chi connectivity index (χ1n) is 4.42. The number of hydrogen-bond donors (Lipinski definition) is 1. The van der Waals surface area contributed by atoms with Crippen LogP contribution in [0.5, 0.6) is 0 Å². The van der Waals surface area contributed by atoms with Gasteiger partial charge in [-0.3, -0.25) is 9.48 Å². The summed E-state index contributed by atoms with van der Waals surface area (Å²) in [6.45, 7) is 3.66. The summed E-state index contributed by atoms with van der Waals surface area (Å²) in [5, 5.41) is 6.88. The van der Waals surface area contributed by atoms with Gasteiger partial charge < -0.3 is 5.32 Å². The van der Waals surface area contributed by atoms with Crippen LogP contribution in [0.1, 0.15) is 12.6 Å². The third-order valence-corrected chi connectivity index (χ3v) is 2.40. The van der Waals surface area contributed by atoms with Crippen molar-refractivity contribution in [1.29, 1.82) is 0 Å². The molecule has 0 aliphatic carbocycles. The van der Waals surface area contributed by atoms with Crippen molar-refractivity contribution in [3.8, 4) is 0 Å². The minimum atomic E-state index is -0.188. The Labute approximate surface area is 88.2 Å². The molecule has 0 saturated carbocycles. The van der Waals surface area contributed by atoms with Gasteiger partial charge in [0.25, 0.3) is 0 Å². The average Bonchev–Trinajstić information content (AvgIpc) is 2.44. The van der Waals surface area contributed by atoms with E-state index in [2.05, 4.69) is 10.4 Å². The van der Waals surface area contributed by atoms with E-state index in [1.165, 1.54) is 0 Å². The van der Waals surface area contributed by atoms with Crippen molar-refractivity contribution in [2.45, 2.75) is 13.8 Å². The molecule has 0 bridgehead atoms. The maximum absolute atomic E-state index is 11.5. The molecule has 0 aliphatic heterocycles. The maximum atomic E-state index is 11.5. The Morgan fingerprint density at radius 1 is 1.79 bits per heavy atom. The van der Waals surface area contributed by atoms with Gasteiger partial charge in [0.1, 0.15) is 5.82 Å². The predicted molar refractivity (Wildman–Crippen MR) is 56.5 cm³/mol. The van der Waals surface area contributed by atoms with Gasteiger partial charge in [0.15, 0.2) is 0 Å². The van der Waals surface area contributed by atoms with Gasteiger partial charge in [-0.1, -0.05) is 6.92 Å². The van der Waals surface area contributed by atoms with E-state index in [-0.39, 0.29) is 11.8 Å². The highest BCUT2D eigenvalue weighted by molar-refractivity contribution is 6.19. The summed E-state index contributed by atoms with van der Waals surface area (Å²) in [5.41, 5.74) is 0.876. The Morgan fingerprint density at radius 2 is 2.43 bits per heavy atom. The highest BCUT2D eigenvalue weighted by Crippen LogP contribution is 2.10. The molecule has 1 atom stereocenters. The Bertz CT molecular complexity index is 335. The van der Waals surface area contributed by atoms with E-state index in [0.717, 1.165) is 5.69 Å². The maximum Gasteiger partial charge on any atom is 0.229 e. The van der Waals surface area contributed by atoms with Crippen molar-refractivity contribution in [1.82, 2.24) is 9.78 Å². The topological polar surface area (TPSA) is 46.9 Å². The van der Waals surface area contributed by atoms with Crippen LogP contribution in [-0.2, 0) is 11.8 Å². The van der Waals surface area contributed by atoms with E-state index in [4.69, 9.17) is 11.6 Å². The van der Waals surface area contributed by atoms with Crippen molar-refractivity contribution in [3.05, 3.63) is 11.8 Å². The quantitative estimate of drug-likeness (QED) is 0.778. The van der Waals surface area contributed by atoms with Crippen molar-refractivity contribution in [2.75, 3.05) is 11.2 Å². The highest BCUT2D eigenvalue weighted by Gasteiger charge is 2.13. The molecule has 14 heavy (non-hydrogen) atoms. The summed E-state index contributed by atoms with van der Waals surface area (Å²) in [6.07, 6.45) is 0. The lowest BCUT2D eigenvalue weighted by atomic mass is 10.2. The molecule has 1 N–H and O–H groups in total. The molecule has 0 aromatic carbocycles. The second kappa shape index (κ2) is 4.46. The molecule has 78 valence electrons. The van der Waals surface area contributed by atoms with E-state index in [1.807, 2.05) is 13.0 Å². The molecular formula is C9H14ClN3O. The lowest BCUT2D eigenvalue weighted by Gasteiger charge is -2.08. The van der Waals surface area contributed by atoms with Gasteiger partial charge in [-0.05, 0) is 6.92 Å². The zero-order valence-corrected chi connectivity index (χ0v) is 9.30. The van der Waals surface area contributed by atoms with E-state index in [0.29, 0.717) is 11.7 Å². The van der Waals surface area contributed by atoms with Crippen LogP contribution in [0.25, 0.3) is 0 Å². The number of rotatable bonds is 3. The van der Waals surface area contributed by atoms with Crippen LogP contribution in [0.4, 0.5) is 5.82 Å². The van der Waals surface area contributed by atoms with Crippen molar-refractivity contribution < 1.29 is 4.79 Å². The normalized spacial score (nSPS) is 12.6. The smallest absolute Gasteiger partial charge is 0.229 e. The largest absolute Gasteiger partial charge is 0.311 e. The Hall–Kier alpha value is -1.03. The fourth-order valence-electron chi connectivity index (χ4n) is 1.05. The zero-order valence-electron chi connectivity index (χ0n) is 8.54. The number of halogens is 1. The van der Waals surface area contributed by atoms with Gasteiger partial charge >= 0.3 is 0 Å². The molecule has 5 heteroatoms. The number of nitrogens with one attached hydrogen (secondary N) is 1. The number of hydrogen-bond acceptors (Lipinski definition) is 2. The van der Waals surface area contributed by atoms with Gasteiger partial charge in [0, 0.05) is 24.9 Å². The van der Waals surface area contributed by atoms with Crippen LogP contribution in [0.3, 0.4) is 0 Å². The predicted octanol–water partition coefficient (Wildman–Crippen LogP) is 1.54. The molecule has 0 radical (unpaired) electrons. The van der Waals surface area contributed by atoms with Gasteiger partial charge in [-0.15, -0.1) is 11.6 Å². The standard InChI is InChI=1S/C9H14ClN3O/c1-6(5-10)9(14)11-8-4-7(2)12-13(8)3/h4,6H,5H2,1-3H3,(H,11,14). The fraction of sp³-hybridized carbons (Fsp3) is 0.556. The van der Waals surface area contributed by atoms with Gasteiger partial charge in [-0.25, -0.2) is 0 Å². The van der Waals surface area contributed by atoms with Crippen LogP contribution in [0.2, 0.25) is 0 Å². The second-order valence-electron chi connectivity index (χ2n) is 3.34. The third-order valence-electron chi connectivity index (χ3n) is 1.93. The number of aryl methyl sites for hydroxylation is 2. The van der Waals surface area contributed by atoms with Gasteiger partial charge in [0.05, 0.1) is 5.69 Å². The van der Waals surface area contributed by atoms with E-state index < -0.39 is 0 Å². The van der Waals surface area contributed by atoms with Gasteiger partial charge in [0.2, 0.25) is 5.91 Å². The summed E-state index contributed by atoms with van der Waals surface area (Å²) in [7, 11) is 1.79. The highest BCUT2D eigenvalue weighted by atomic mass is 35.5. The molecular weight excluding hydrogens is 202 g/mol. The number of aromatic nitrogens is 2. The molecule has 1 amide bonds. The number of amides is 1. The summed E-state index contributed by atoms with van der Waals surface area (Å²) in [5.74, 6) is 0.752. The van der Waals surface area contributed by atoms with Crippen molar-refractivity contribution in [3.63, 3.8) is 0 Å². The van der Waals surface area contributed by atoms with Crippen LogP contribution in [0, 0.1) is 12.8 Å². The second-order valence-corrected chi connectivity index (χ2v) is 3.65. The lowest BCUT2D eigenvalue weighted by Crippen LogP contribution is -2.22. The SMILES string of the molecule is Cc1cc(NC(=O)C(C)CCl)n(C)n1. The minimum absolute atomic E-state index is 0.0806. The molecule has 0 saturated heterocycles. The van der Waals surface area contributed by atoms with Crippen LogP contribution in [-0.4, -0.2) is 21.6 Å². The Balaban J connectivity index is 2.69. The number of carbonyl (C=O) groups is 1. The first kappa shape index (κ1) is 11.0. The molecule has 0 spiro atoms. The van der Waals surface area contributed by atoms with E-state index >= 15 is 0 Å². The number of alkyl halides is 1. The molecule has 1 rings (SSSR count). The van der Waals surface area contributed by atoms with Crippen LogP contribution < -0.4 is 5.32 Å². The minimum Gasteiger partial charge on any atom is -0.311 e. The lowest BCUT2D eigenvalue weighted by molar-refractivity contribution is -0.118. The summed E-state index contributed by atoms with van der Waals surface area (Å²) >= 11 is 5.57. The molecule has 4 nitrogen and oxygen atoms in total. The Kier molecular flexibility index (Phi) is 3.52. The average molecular weight is 216 g/mol. The molecule has 1 unspecified atom stereocenters. The van der Waals surface area contributed by atoms with Crippen molar-refractivity contribution in [2.24, 2.45) is 13.0 Å². The van der Waals surface area contributed by atoms with Crippen LogP contribution >= 0.6 is 11.6 Å². The molecule has 1 aromatic heterocycles. The van der Waals surface area contributed by atoms with Crippen molar-refractivity contribution >= 4 is 23.3 Å².